The minimum Gasteiger partial charge on any atom is -0.368 e. The number of carbonyl (C=O) groups excluding carboxylic acids is 1. The molecule has 1 amide bonds. The highest BCUT2D eigenvalue weighted by molar-refractivity contribution is 5.79. The normalized spacial score (nSPS) is 14.8. The molecule has 0 fully saturated rings. The van der Waals surface area contributed by atoms with Crippen molar-refractivity contribution in [2.45, 2.75) is 38.8 Å². The van der Waals surface area contributed by atoms with Gasteiger partial charge in [0.15, 0.2) is 0 Å². The molecule has 68 valence electrons. The second kappa shape index (κ2) is 5.56. The van der Waals surface area contributed by atoms with Crippen molar-refractivity contribution in [3.05, 3.63) is 0 Å². The lowest BCUT2D eigenvalue weighted by atomic mass is 10.1. The first-order valence-corrected chi connectivity index (χ1v) is 4.04. The Labute approximate surface area is 72.7 Å². The predicted octanol–water partition coefficient (Wildman–Crippen LogP) is 0.142. The zero-order chi connectivity index (χ0) is 9.56. The van der Waals surface area contributed by atoms with E-state index < -0.39 is 0 Å². The molecule has 0 aromatic rings. The lowest BCUT2D eigenvalue weighted by Crippen LogP contribution is -2.44. The molecule has 2 atom stereocenters. The highest BCUT2D eigenvalue weighted by Gasteiger charge is 2.13. The summed E-state index contributed by atoms with van der Waals surface area (Å²) in [4.78, 5) is 10.6. The van der Waals surface area contributed by atoms with Crippen LogP contribution in [0.25, 0.3) is 0 Å². The second-order valence-electron chi connectivity index (χ2n) is 2.76. The predicted molar refractivity (Wildman–Crippen MR) is 46.1 cm³/mol. The molecule has 0 aliphatic carbocycles. The van der Waals surface area contributed by atoms with Gasteiger partial charge in [-0.3, -0.25) is 4.79 Å². The van der Waals surface area contributed by atoms with Crippen molar-refractivity contribution in [1.29, 1.82) is 5.26 Å². The summed E-state index contributed by atoms with van der Waals surface area (Å²) >= 11 is 0. The summed E-state index contributed by atoms with van der Waals surface area (Å²) in [5.74, 6) is -0.383. The fourth-order valence-corrected chi connectivity index (χ4v) is 0.867. The van der Waals surface area contributed by atoms with Crippen LogP contribution >= 0.6 is 0 Å². The summed E-state index contributed by atoms with van der Waals surface area (Å²) in [5, 5.41) is 11.4. The van der Waals surface area contributed by atoms with Crippen molar-refractivity contribution < 1.29 is 4.79 Å². The fraction of sp³-hybridized carbons (Fsp3) is 0.750. The summed E-state index contributed by atoms with van der Waals surface area (Å²) in [5.41, 5.74) is 5.05. The topological polar surface area (TPSA) is 78.9 Å². The van der Waals surface area contributed by atoms with Gasteiger partial charge < -0.3 is 11.1 Å². The number of nitriles is 1. The lowest BCUT2D eigenvalue weighted by Gasteiger charge is -2.17. The Morgan fingerprint density at radius 1 is 1.75 bits per heavy atom. The third kappa shape index (κ3) is 3.94. The van der Waals surface area contributed by atoms with E-state index in [-0.39, 0.29) is 18.0 Å². The molecule has 0 aliphatic heterocycles. The number of nitrogens with one attached hydrogen (secondary N) is 1. The van der Waals surface area contributed by atoms with E-state index in [2.05, 4.69) is 5.32 Å². The molecule has 0 radical (unpaired) electrons. The summed E-state index contributed by atoms with van der Waals surface area (Å²) < 4.78 is 0. The van der Waals surface area contributed by atoms with Crippen molar-refractivity contribution in [1.82, 2.24) is 5.32 Å². The largest absolute Gasteiger partial charge is 0.368 e. The van der Waals surface area contributed by atoms with Crippen LogP contribution in [0.5, 0.6) is 0 Å². The van der Waals surface area contributed by atoms with Crippen LogP contribution in [0.3, 0.4) is 0 Å². The van der Waals surface area contributed by atoms with E-state index in [9.17, 15) is 4.79 Å². The Hall–Kier alpha value is -1.08. The molecule has 0 aromatic carbocycles. The summed E-state index contributed by atoms with van der Waals surface area (Å²) in [6.07, 6.45) is 1.24. The SMILES string of the molecule is CCC(CC#N)NC(C)C(N)=O. The van der Waals surface area contributed by atoms with Crippen LogP contribution in [-0.2, 0) is 4.79 Å². The maximum Gasteiger partial charge on any atom is 0.234 e. The molecule has 0 bridgehead atoms. The van der Waals surface area contributed by atoms with Gasteiger partial charge in [0.1, 0.15) is 0 Å². The summed E-state index contributed by atoms with van der Waals surface area (Å²) in [7, 11) is 0. The molecule has 0 aliphatic rings. The minimum atomic E-state index is -0.383. The second-order valence-corrected chi connectivity index (χ2v) is 2.76. The van der Waals surface area contributed by atoms with E-state index in [0.717, 1.165) is 6.42 Å². The third-order valence-corrected chi connectivity index (χ3v) is 1.74. The van der Waals surface area contributed by atoms with Crippen LogP contribution in [-0.4, -0.2) is 18.0 Å². The number of nitrogens with two attached hydrogens (primary N) is 1. The van der Waals surface area contributed by atoms with Crippen LogP contribution in [0.1, 0.15) is 26.7 Å². The number of hydrogen-bond acceptors (Lipinski definition) is 3. The lowest BCUT2D eigenvalue weighted by molar-refractivity contribution is -0.119. The minimum absolute atomic E-state index is 0.0671. The van der Waals surface area contributed by atoms with Crippen molar-refractivity contribution in [3.63, 3.8) is 0 Å². The van der Waals surface area contributed by atoms with Gasteiger partial charge in [-0.05, 0) is 13.3 Å². The van der Waals surface area contributed by atoms with Gasteiger partial charge in [-0.15, -0.1) is 0 Å². The summed E-state index contributed by atoms with van der Waals surface area (Å²) in [6.45, 7) is 3.66. The average molecular weight is 169 g/mol. The van der Waals surface area contributed by atoms with E-state index in [1.54, 1.807) is 6.92 Å². The van der Waals surface area contributed by atoms with Gasteiger partial charge in [0.05, 0.1) is 18.5 Å². The molecule has 4 nitrogen and oxygen atoms in total. The third-order valence-electron chi connectivity index (χ3n) is 1.74. The molecule has 12 heavy (non-hydrogen) atoms. The Morgan fingerprint density at radius 2 is 2.33 bits per heavy atom. The number of carbonyl (C=O) groups is 1. The molecule has 0 saturated heterocycles. The molecule has 0 saturated carbocycles. The highest BCUT2D eigenvalue weighted by atomic mass is 16.1. The van der Waals surface area contributed by atoms with Gasteiger partial charge >= 0.3 is 0 Å². The number of hydrogen-bond donors (Lipinski definition) is 2. The first-order valence-electron chi connectivity index (χ1n) is 4.04. The van der Waals surface area contributed by atoms with Crippen LogP contribution in [0.4, 0.5) is 0 Å². The van der Waals surface area contributed by atoms with Crippen LogP contribution < -0.4 is 11.1 Å². The Kier molecular flexibility index (Phi) is 5.06. The van der Waals surface area contributed by atoms with Gasteiger partial charge in [0.2, 0.25) is 5.91 Å². The van der Waals surface area contributed by atoms with Gasteiger partial charge in [0, 0.05) is 6.04 Å². The molecule has 0 heterocycles. The Morgan fingerprint density at radius 3 is 2.67 bits per heavy atom. The summed E-state index contributed by atoms with van der Waals surface area (Å²) in [6, 6.07) is 1.76. The molecular weight excluding hydrogens is 154 g/mol. The maximum atomic E-state index is 10.6. The molecule has 3 N–H and O–H groups in total. The van der Waals surface area contributed by atoms with Gasteiger partial charge in [-0.2, -0.15) is 5.26 Å². The van der Waals surface area contributed by atoms with Crippen LogP contribution in [0, 0.1) is 11.3 Å². The van der Waals surface area contributed by atoms with E-state index in [1.807, 2.05) is 13.0 Å². The Balaban J connectivity index is 3.86. The molecule has 4 heteroatoms. The molecule has 0 spiro atoms. The van der Waals surface area contributed by atoms with Crippen molar-refractivity contribution in [2.24, 2.45) is 5.73 Å². The number of rotatable bonds is 5. The number of nitrogens with zero attached hydrogens (tertiary/aromatic N) is 1. The molecule has 0 aromatic heterocycles. The number of amides is 1. The van der Waals surface area contributed by atoms with Gasteiger partial charge in [0.25, 0.3) is 0 Å². The molecular formula is C8H15N3O. The molecule has 0 rings (SSSR count). The van der Waals surface area contributed by atoms with Crippen molar-refractivity contribution in [2.75, 3.05) is 0 Å². The van der Waals surface area contributed by atoms with Gasteiger partial charge in [-0.25, -0.2) is 0 Å². The maximum absolute atomic E-state index is 10.6. The average Bonchev–Trinajstić information content (AvgIpc) is 2.03. The quantitative estimate of drug-likeness (QED) is 0.614. The van der Waals surface area contributed by atoms with Crippen molar-refractivity contribution >= 4 is 5.91 Å². The fourth-order valence-electron chi connectivity index (χ4n) is 0.867. The smallest absolute Gasteiger partial charge is 0.234 e. The van der Waals surface area contributed by atoms with E-state index in [4.69, 9.17) is 11.0 Å². The van der Waals surface area contributed by atoms with Crippen LogP contribution in [0.2, 0.25) is 0 Å². The monoisotopic (exact) mass is 169 g/mol. The van der Waals surface area contributed by atoms with E-state index in [0.29, 0.717) is 6.42 Å². The Bertz CT molecular complexity index is 185. The van der Waals surface area contributed by atoms with E-state index >= 15 is 0 Å². The van der Waals surface area contributed by atoms with Crippen LogP contribution in [0.15, 0.2) is 0 Å². The van der Waals surface area contributed by atoms with E-state index in [1.165, 1.54) is 0 Å². The molecule has 2 unspecified atom stereocenters. The van der Waals surface area contributed by atoms with Crippen molar-refractivity contribution in [3.8, 4) is 6.07 Å². The standard InChI is InChI=1S/C8H15N3O/c1-3-7(4-5-9)11-6(2)8(10)12/h6-7,11H,3-4H2,1-2H3,(H2,10,12). The first-order chi connectivity index (χ1) is 5.61. The zero-order valence-electron chi connectivity index (χ0n) is 7.50. The van der Waals surface area contributed by atoms with Gasteiger partial charge in [-0.1, -0.05) is 6.92 Å². The highest BCUT2D eigenvalue weighted by Crippen LogP contribution is 1.97. The first kappa shape index (κ1) is 10.9. The zero-order valence-corrected chi connectivity index (χ0v) is 7.50. The number of primary amides is 1.